The average Bonchev–Trinajstić information content (AvgIpc) is 3.38. The zero-order valence-corrected chi connectivity index (χ0v) is 13.6. The summed E-state index contributed by atoms with van der Waals surface area (Å²) in [6, 6.07) is 13.5. The largest absolute Gasteiger partial charge is 0.342 e. The van der Waals surface area contributed by atoms with Crippen molar-refractivity contribution < 1.29 is 4.39 Å². The molecule has 0 unspecified atom stereocenters. The van der Waals surface area contributed by atoms with E-state index < -0.39 is 0 Å². The molecular formula is C20H23FN2. The summed E-state index contributed by atoms with van der Waals surface area (Å²) in [5.41, 5.74) is 4.53. The first-order chi connectivity index (χ1) is 11.2. The minimum Gasteiger partial charge on any atom is -0.342 e. The number of fused-ring (bicyclic) bond motifs is 1. The Morgan fingerprint density at radius 1 is 1.13 bits per heavy atom. The number of halogens is 1. The Bertz CT molecular complexity index is 709. The Morgan fingerprint density at radius 3 is 2.74 bits per heavy atom. The summed E-state index contributed by atoms with van der Waals surface area (Å²) in [6.45, 7) is 3.45. The highest BCUT2D eigenvalue weighted by Crippen LogP contribution is 2.33. The molecule has 0 amide bonds. The molecule has 2 aliphatic rings. The van der Waals surface area contributed by atoms with E-state index in [-0.39, 0.29) is 5.82 Å². The van der Waals surface area contributed by atoms with Gasteiger partial charge >= 0.3 is 0 Å². The Labute approximate surface area is 137 Å². The summed E-state index contributed by atoms with van der Waals surface area (Å²) in [5.74, 6) is 0.754. The van der Waals surface area contributed by atoms with Gasteiger partial charge < -0.3 is 4.90 Å². The van der Waals surface area contributed by atoms with Crippen LogP contribution in [0.25, 0.3) is 0 Å². The summed E-state index contributed by atoms with van der Waals surface area (Å²) in [6.07, 6.45) is 3.94. The summed E-state index contributed by atoms with van der Waals surface area (Å²) in [7, 11) is 1.94. The molecule has 0 radical (unpaired) electrons. The van der Waals surface area contributed by atoms with E-state index in [2.05, 4.69) is 23.1 Å². The molecule has 0 N–H and O–H groups in total. The number of para-hydroxylation sites is 1. The van der Waals surface area contributed by atoms with Crippen LogP contribution in [0.5, 0.6) is 0 Å². The molecule has 120 valence electrons. The van der Waals surface area contributed by atoms with Crippen molar-refractivity contribution in [3.63, 3.8) is 0 Å². The van der Waals surface area contributed by atoms with Crippen LogP contribution < -0.4 is 4.90 Å². The van der Waals surface area contributed by atoms with Crippen LogP contribution in [-0.2, 0) is 13.0 Å². The maximum atomic E-state index is 14.0. The molecule has 0 spiro atoms. The molecule has 2 aromatic rings. The van der Waals surface area contributed by atoms with Gasteiger partial charge in [0.05, 0.1) is 5.69 Å². The van der Waals surface area contributed by atoms with Gasteiger partial charge in [0.25, 0.3) is 0 Å². The van der Waals surface area contributed by atoms with Crippen molar-refractivity contribution >= 4 is 11.4 Å². The molecule has 0 atom stereocenters. The number of benzene rings is 2. The van der Waals surface area contributed by atoms with Gasteiger partial charge in [0.15, 0.2) is 0 Å². The molecule has 0 saturated heterocycles. The van der Waals surface area contributed by atoms with Gasteiger partial charge in [0.2, 0.25) is 0 Å². The van der Waals surface area contributed by atoms with Gasteiger partial charge in [-0.25, -0.2) is 4.39 Å². The van der Waals surface area contributed by atoms with Crippen molar-refractivity contribution in [1.29, 1.82) is 0 Å². The van der Waals surface area contributed by atoms with Crippen molar-refractivity contribution in [3.8, 4) is 0 Å². The second-order valence-electron chi connectivity index (χ2n) is 6.89. The van der Waals surface area contributed by atoms with Gasteiger partial charge in [0, 0.05) is 32.4 Å². The standard InChI is InChI=1S/C20H23FN2/c1-22(20-5-3-2-4-19(20)21)18-9-8-16-10-11-23(13-15-6-7-15)14-17(16)12-18/h2-5,8-9,12,15H,6-7,10-11,13-14H2,1H3. The fourth-order valence-electron chi connectivity index (χ4n) is 3.49. The molecule has 1 aliphatic carbocycles. The van der Waals surface area contributed by atoms with Gasteiger partial charge in [-0.15, -0.1) is 0 Å². The van der Waals surface area contributed by atoms with E-state index in [9.17, 15) is 4.39 Å². The molecule has 1 heterocycles. The summed E-state index contributed by atoms with van der Waals surface area (Å²) in [5, 5.41) is 0. The van der Waals surface area contributed by atoms with Crippen molar-refractivity contribution in [2.45, 2.75) is 25.8 Å². The first-order valence-electron chi connectivity index (χ1n) is 8.53. The van der Waals surface area contributed by atoms with E-state index in [0.717, 1.165) is 24.6 Å². The zero-order valence-electron chi connectivity index (χ0n) is 13.6. The monoisotopic (exact) mass is 310 g/mol. The van der Waals surface area contributed by atoms with Gasteiger partial charge in [-0.05, 0) is 60.6 Å². The number of nitrogens with zero attached hydrogens (tertiary/aromatic N) is 2. The molecular weight excluding hydrogens is 287 g/mol. The highest BCUT2D eigenvalue weighted by molar-refractivity contribution is 5.64. The Morgan fingerprint density at radius 2 is 1.96 bits per heavy atom. The van der Waals surface area contributed by atoms with Gasteiger partial charge in [-0.2, -0.15) is 0 Å². The quantitative estimate of drug-likeness (QED) is 0.828. The minimum atomic E-state index is -0.178. The van der Waals surface area contributed by atoms with Crippen LogP contribution >= 0.6 is 0 Å². The van der Waals surface area contributed by atoms with Crippen molar-refractivity contribution in [2.75, 3.05) is 25.0 Å². The lowest BCUT2D eigenvalue weighted by Crippen LogP contribution is -2.32. The van der Waals surface area contributed by atoms with E-state index in [1.807, 2.05) is 24.1 Å². The highest BCUT2D eigenvalue weighted by Gasteiger charge is 2.26. The smallest absolute Gasteiger partial charge is 0.146 e. The van der Waals surface area contributed by atoms with Crippen LogP contribution in [0.2, 0.25) is 0 Å². The maximum Gasteiger partial charge on any atom is 0.146 e. The van der Waals surface area contributed by atoms with E-state index in [1.165, 1.54) is 43.1 Å². The van der Waals surface area contributed by atoms with Crippen LogP contribution in [0.3, 0.4) is 0 Å². The lowest BCUT2D eigenvalue weighted by molar-refractivity contribution is 0.244. The summed E-state index contributed by atoms with van der Waals surface area (Å²) in [4.78, 5) is 4.52. The number of anilines is 2. The Balaban J connectivity index is 1.57. The van der Waals surface area contributed by atoms with Crippen molar-refractivity contribution in [3.05, 3.63) is 59.4 Å². The van der Waals surface area contributed by atoms with Crippen LogP contribution in [0, 0.1) is 11.7 Å². The predicted octanol–water partition coefficient (Wildman–Crippen LogP) is 4.36. The lowest BCUT2D eigenvalue weighted by atomic mass is 9.98. The second-order valence-corrected chi connectivity index (χ2v) is 6.89. The molecule has 1 saturated carbocycles. The van der Waals surface area contributed by atoms with Gasteiger partial charge in [-0.1, -0.05) is 18.2 Å². The van der Waals surface area contributed by atoms with Crippen LogP contribution in [0.4, 0.5) is 15.8 Å². The number of hydrogen-bond acceptors (Lipinski definition) is 2. The third-order valence-electron chi connectivity index (χ3n) is 5.10. The summed E-state index contributed by atoms with van der Waals surface area (Å²) < 4.78 is 14.0. The first-order valence-corrected chi connectivity index (χ1v) is 8.53. The molecule has 2 aromatic carbocycles. The third kappa shape index (κ3) is 3.11. The third-order valence-corrected chi connectivity index (χ3v) is 5.10. The zero-order chi connectivity index (χ0) is 15.8. The second kappa shape index (κ2) is 5.97. The van der Waals surface area contributed by atoms with Crippen LogP contribution in [0.15, 0.2) is 42.5 Å². The lowest BCUT2D eigenvalue weighted by Gasteiger charge is -2.30. The first kappa shape index (κ1) is 14.7. The number of rotatable bonds is 4. The SMILES string of the molecule is CN(c1ccc2c(c1)CN(CC1CC1)CC2)c1ccccc1F. The molecule has 4 rings (SSSR count). The number of hydrogen-bond donors (Lipinski definition) is 0. The van der Waals surface area contributed by atoms with Crippen LogP contribution in [0.1, 0.15) is 24.0 Å². The Hall–Kier alpha value is -1.87. The highest BCUT2D eigenvalue weighted by atomic mass is 19.1. The molecule has 0 bridgehead atoms. The topological polar surface area (TPSA) is 6.48 Å². The fourth-order valence-corrected chi connectivity index (χ4v) is 3.49. The predicted molar refractivity (Wildman–Crippen MR) is 92.6 cm³/mol. The van der Waals surface area contributed by atoms with E-state index >= 15 is 0 Å². The van der Waals surface area contributed by atoms with Crippen molar-refractivity contribution in [1.82, 2.24) is 4.90 Å². The Kier molecular flexibility index (Phi) is 3.82. The van der Waals surface area contributed by atoms with E-state index in [1.54, 1.807) is 6.07 Å². The molecule has 0 aromatic heterocycles. The molecule has 1 aliphatic heterocycles. The maximum absolute atomic E-state index is 14.0. The van der Waals surface area contributed by atoms with Crippen LogP contribution in [-0.4, -0.2) is 25.0 Å². The minimum absolute atomic E-state index is 0.178. The summed E-state index contributed by atoms with van der Waals surface area (Å²) >= 11 is 0. The van der Waals surface area contributed by atoms with Gasteiger partial charge in [-0.3, -0.25) is 4.90 Å². The van der Waals surface area contributed by atoms with E-state index in [4.69, 9.17) is 0 Å². The van der Waals surface area contributed by atoms with E-state index in [0.29, 0.717) is 5.69 Å². The fraction of sp³-hybridized carbons (Fsp3) is 0.400. The van der Waals surface area contributed by atoms with Gasteiger partial charge in [0.1, 0.15) is 5.82 Å². The average molecular weight is 310 g/mol. The molecule has 2 nitrogen and oxygen atoms in total. The van der Waals surface area contributed by atoms with Crippen molar-refractivity contribution in [2.24, 2.45) is 5.92 Å². The molecule has 3 heteroatoms. The normalized spacial score (nSPS) is 17.8. The molecule has 23 heavy (non-hydrogen) atoms. The molecule has 1 fully saturated rings.